The van der Waals surface area contributed by atoms with Crippen molar-refractivity contribution in [1.82, 2.24) is 4.98 Å². The van der Waals surface area contributed by atoms with Crippen LogP contribution in [-0.4, -0.2) is 44.3 Å². The average molecular weight is 327 g/mol. The van der Waals surface area contributed by atoms with Gasteiger partial charge in [-0.3, -0.25) is 4.79 Å². The van der Waals surface area contributed by atoms with Crippen molar-refractivity contribution in [3.8, 4) is 5.75 Å². The molecule has 1 aromatic carbocycles. The van der Waals surface area contributed by atoms with Crippen molar-refractivity contribution in [2.75, 3.05) is 43.6 Å². The maximum absolute atomic E-state index is 12.8. The van der Waals surface area contributed by atoms with Gasteiger partial charge in [0.2, 0.25) is 0 Å². The molecule has 6 nitrogen and oxygen atoms in total. The minimum absolute atomic E-state index is 0.200. The Hall–Kier alpha value is -2.60. The molecule has 0 spiro atoms. The van der Waals surface area contributed by atoms with E-state index in [2.05, 4.69) is 15.2 Å². The van der Waals surface area contributed by atoms with Crippen LogP contribution < -0.4 is 15.0 Å². The number of hydrogen-bond acceptors (Lipinski definition) is 5. The van der Waals surface area contributed by atoms with Gasteiger partial charge in [0.15, 0.2) is 0 Å². The summed E-state index contributed by atoms with van der Waals surface area (Å²) in [6.45, 7) is 4.71. The van der Waals surface area contributed by atoms with E-state index in [0.29, 0.717) is 36.0 Å². The highest BCUT2D eigenvalue weighted by Crippen LogP contribution is 2.27. The fraction of sp³-hybridized carbons (Fsp3) is 0.333. The van der Waals surface area contributed by atoms with Crippen LogP contribution in [0.1, 0.15) is 15.9 Å². The number of ether oxygens (including phenoxy) is 2. The number of anilines is 2. The number of pyridine rings is 1. The summed E-state index contributed by atoms with van der Waals surface area (Å²) in [6.07, 6.45) is 1.70. The minimum Gasteiger partial charge on any atom is -0.495 e. The predicted octanol–water partition coefficient (Wildman–Crippen LogP) is 2.49. The van der Waals surface area contributed by atoms with E-state index >= 15 is 0 Å². The topological polar surface area (TPSA) is 63.7 Å². The Kier molecular flexibility index (Phi) is 4.96. The number of carbonyl (C=O) groups is 1. The fourth-order valence-corrected chi connectivity index (χ4v) is 2.71. The Morgan fingerprint density at radius 1 is 1.29 bits per heavy atom. The second-order valence-corrected chi connectivity index (χ2v) is 5.63. The summed E-state index contributed by atoms with van der Waals surface area (Å²) >= 11 is 0. The number of methoxy groups -OCH3 is 1. The molecule has 0 radical (unpaired) electrons. The van der Waals surface area contributed by atoms with E-state index < -0.39 is 0 Å². The number of nitrogens with one attached hydrogen (secondary N) is 1. The summed E-state index contributed by atoms with van der Waals surface area (Å²) in [4.78, 5) is 19.3. The smallest absolute Gasteiger partial charge is 0.259 e. The van der Waals surface area contributed by atoms with Gasteiger partial charge in [0, 0.05) is 19.3 Å². The zero-order chi connectivity index (χ0) is 16.9. The second kappa shape index (κ2) is 7.31. The van der Waals surface area contributed by atoms with Crippen LogP contribution >= 0.6 is 0 Å². The molecule has 24 heavy (non-hydrogen) atoms. The number of aryl methyl sites for hydroxylation is 1. The predicted molar refractivity (Wildman–Crippen MR) is 93.0 cm³/mol. The van der Waals surface area contributed by atoms with Crippen LogP contribution in [0.4, 0.5) is 11.5 Å². The maximum atomic E-state index is 12.8. The number of amides is 1. The zero-order valence-electron chi connectivity index (χ0n) is 13.9. The average Bonchev–Trinajstić information content (AvgIpc) is 2.62. The van der Waals surface area contributed by atoms with Crippen LogP contribution in [0.2, 0.25) is 0 Å². The molecule has 0 bridgehead atoms. The molecular formula is C18H21N3O3. The minimum atomic E-state index is -0.200. The van der Waals surface area contributed by atoms with Crippen molar-refractivity contribution in [1.29, 1.82) is 0 Å². The van der Waals surface area contributed by atoms with Crippen molar-refractivity contribution in [2.24, 2.45) is 0 Å². The normalized spacial score (nSPS) is 14.3. The quantitative estimate of drug-likeness (QED) is 0.935. The number of rotatable bonds is 4. The SMILES string of the molecule is COc1ccc(C)cc1NC(=O)c1cccnc1N1CCOCC1. The van der Waals surface area contributed by atoms with Gasteiger partial charge < -0.3 is 19.7 Å². The van der Waals surface area contributed by atoms with Crippen LogP contribution in [-0.2, 0) is 4.74 Å². The summed E-state index contributed by atoms with van der Waals surface area (Å²) in [7, 11) is 1.59. The first kappa shape index (κ1) is 16.3. The number of benzene rings is 1. The molecule has 0 aliphatic carbocycles. The third kappa shape index (κ3) is 3.49. The summed E-state index contributed by atoms with van der Waals surface area (Å²) < 4.78 is 10.7. The lowest BCUT2D eigenvalue weighted by Gasteiger charge is -2.29. The van der Waals surface area contributed by atoms with Gasteiger partial charge >= 0.3 is 0 Å². The lowest BCUT2D eigenvalue weighted by molar-refractivity contribution is 0.102. The second-order valence-electron chi connectivity index (χ2n) is 5.63. The van der Waals surface area contributed by atoms with E-state index in [1.165, 1.54) is 0 Å². The number of hydrogen-bond donors (Lipinski definition) is 1. The third-order valence-electron chi connectivity index (χ3n) is 3.95. The number of carbonyl (C=O) groups excluding carboxylic acids is 1. The summed E-state index contributed by atoms with van der Waals surface area (Å²) in [5, 5.41) is 2.94. The van der Waals surface area contributed by atoms with Gasteiger partial charge in [-0.1, -0.05) is 6.07 Å². The first-order chi connectivity index (χ1) is 11.7. The van der Waals surface area contributed by atoms with Gasteiger partial charge in [0.05, 0.1) is 31.6 Å². The molecule has 0 atom stereocenters. The molecule has 6 heteroatoms. The zero-order valence-corrected chi connectivity index (χ0v) is 13.9. The van der Waals surface area contributed by atoms with Crippen LogP contribution in [0.3, 0.4) is 0 Å². The van der Waals surface area contributed by atoms with Gasteiger partial charge in [0.25, 0.3) is 5.91 Å². The molecule has 126 valence electrons. The number of aromatic nitrogens is 1. The van der Waals surface area contributed by atoms with E-state index in [9.17, 15) is 4.79 Å². The van der Waals surface area contributed by atoms with Crippen LogP contribution in [0.5, 0.6) is 5.75 Å². The van der Waals surface area contributed by atoms with E-state index in [0.717, 1.165) is 18.7 Å². The number of nitrogens with zero attached hydrogens (tertiary/aromatic N) is 2. The Morgan fingerprint density at radius 3 is 2.83 bits per heavy atom. The Morgan fingerprint density at radius 2 is 2.08 bits per heavy atom. The standard InChI is InChI=1S/C18H21N3O3/c1-13-5-6-16(23-2)15(12-13)20-18(22)14-4-3-7-19-17(14)21-8-10-24-11-9-21/h3-7,12H,8-11H2,1-2H3,(H,20,22). The lowest BCUT2D eigenvalue weighted by atomic mass is 10.1. The molecule has 0 unspecified atom stereocenters. The van der Waals surface area contributed by atoms with Gasteiger partial charge in [-0.25, -0.2) is 4.98 Å². The Labute approximate surface area is 141 Å². The molecule has 3 rings (SSSR count). The molecule has 2 heterocycles. The highest BCUT2D eigenvalue weighted by atomic mass is 16.5. The monoisotopic (exact) mass is 327 g/mol. The highest BCUT2D eigenvalue weighted by Gasteiger charge is 2.20. The molecule has 1 saturated heterocycles. The van der Waals surface area contributed by atoms with Gasteiger partial charge in [-0.2, -0.15) is 0 Å². The molecule has 0 saturated carbocycles. The van der Waals surface area contributed by atoms with E-state index in [4.69, 9.17) is 9.47 Å². The molecule has 1 N–H and O–H groups in total. The summed E-state index contributed by atoms with van der Waals surface area (Å²) in [5.41, 5.74) is 2.24. The molecule has 1 aromatic heterocycles. The Bertz CT molecular complexity index is 727. The largest absolute Gasteiger partial charge is 0.495 e. The molecule has 1 aliphatic rings. The maximum Gasteiger partial charge on any atom is 0.259 e. The first-order valence-corrected chi connectivity index (χ1v) is 7.93. The van der Waals surface area contributed by atoms with Crippen molar-refractivity contribution in [3.05, 3.63) is 47.7 Å². The van der Waals surface area contributed by atoms with Crippen molar-refractivity contribution >= 4 is 17.4 Å². The molecule has 1 fully saturated rings. The van der Waals surface area contributed by atoms with Crippen LogP contribution in [0.15, 0.2) is 36.5 Å². The van der Waals surface area contributed by atoms with E-state index in [-0.39, 0.29) is 5.91 Å². The van der Waals surface area contributed by atoms with E-state index in [1.807, 2.05) is 25.1 Å². The fourth-order valence-electron chi connectivity index (χ4n) is 2.71. The number of morpholine rings is 1. The highest BCUT2D eigenvalue weighted by molar-refractivity contribution is 6.08. The molecule has 1 amide bonds. The van der Waals surface area contributed by atoms with Crippen molar-refractivity contribution < 1.29 is 14.3 Å². The van der Waals surface area contributed by atoms with Crippen molar-refractivity contribution in [2.45, 2.75) is 6.92 Å². The van der Waals surface area contributed by atoms with Gasteiger partial charge in [-0.05, 0) is 36.8 Å². The van der Waals surface area contributed by atoms with Crippen molar-refractivity contribution in [3.63, 3.8) is 0 Å². The summed E-state index contributed by atoms with van der Waals surface area (Å²) in [6, 6.07) is 9.23. The lowest BCUT2D eigenvalue weighted by Crippen LogP contribution is -2.38. The molecule has 2 aromatic rings. The van der Waals surface area contributed by atoms with E-state index in [1.54, 1.807) is 25.4 Å². The summed E-state index contributed by atoms with van der Waals surface area (Å²) in [5.74, 6) is 1.11. The Balaban J connectivity index is 1.87. The van der Waals surface area contributed by atoms with Gasteiger partial charge in [0.1, 0.15) is 11.6 Å². The molecular weight excluding hydrogens is 306 g/mol. The van der Waals surface area contributed by atoms with Gasteiger partial charge in [-0.15, -0.1) is 0 Å². The molecule has 1 aliphatic heterocycles. The third-order valence-corrected chi connectivity index (χ3v) is 3.95. The van der Waals surface area contributed by atoms with Crippen LogP contribution in [0.25, 0.3) is 0 Å². The van der Waals surface area contributed by atoms with Crippen LogP contribution in [0, 0.1) is 6.92 Å². The first-order valence-electron chi connectivity index (χ1n) is 7.93.